The predicted octanol–water partition coefficient (Wildman–Crippen LogP) is 3.16. The fraction of sp³-hybridized carbons (Fsp3) is 0.435. The number of rotatable bonds is 4. The number of likely N-dealkylation sites (tertiary alicyclic amines) is 1. The zero-order chi connectivity index (χ0) is 19.4. The molecule has 0 saturated carbocycles. The highest BCUT2D eigenvalue weighted by Crippen LogP contribution is 2.43. The minimum atomic E-state index is -0.482. The molecule has 0 radical (unpaired) electrons. The molecular formula is C23H28N4O. The van der Waals surface area contributed by atoms with Crippen LogP contribution >= 0.6 is 0 Å². The van der Waals surface area contributed by atoms with Crippen molar-refractivity contribution in [3.8, 4) is 6.07 Å². The lowest BCUT2D eigenvalue weighted by Crippen LogP contribution is -2.62. The summed E-state index contributed by atoms with van der Waals surface area (Å²) in [6.07, 6.45) is 3.61. The summed E-state index contributed by atoms with van der Waals surface area (Å²) in [6.45, 7) is 5.11. The maximum absolute atomic E-state index is 9.98. The lowest BCUT2D eigenvalue weighted by Gasteiger charge is -2.54. The van der Waals surface area contributed by atoms with Gasteiger partial charge in [0, 0.05) is 37.4 Å². The normalized spacial score (nSPS) is 21.0. The number of ether oxygens (including phenoxy) is 1. The van der Waals surface area contributed by atoms with Gasteiger partial charge in [-0.3, -0.25) is 9.80 Å². The van der Waals surface area contributed by atoms with Crippen LogP contribution in [0.3, 0.4) is 0 Å². The van der Waals surface area contributed by atoms with Gasteiger partial charge in [0.15, 0.2) is 0 Å². The Balaban J connectivity index is 1.98. The van der Waals surface area contributed by atoms with Gasteiger partial charge in [0.2, 0.25) is 0 Å². The summed E-state index contributed by atoms with van der Waals surface area (Å²) in [5.74, 6) is 0. The molecule has 0 amide bonds. The summed E-state index contributed by atoms with van der Waals surface area (Å²) in [6, 6.07) is 18.9. The number of nitrogens with two attached hydrogens (primary N) is 1. The average Bonchev–Trinajstić information content (AvgIpc) is 2.77. The Bertz CT molecular complexity index is 815. The molecule has 0 bridgehead atoms. The smallest absolute Gasteiger partial charge is 0.128 e. The number of hydrogen-bond donors (Lipinski definition) is 1. The molecule has 0 spiro atoms. The van der Waals surface area contributed by atoms with Crippen LogP contribution in [0.1, 0.15) is 36.0 Å². The highest BCUT2D eigenvalue weighted by atomic mass is 16.5. The largest absolute Gasteiger partial charge is 0.399 e. The average molecular weight is 377 g/mol. The van der Waals surface area contributed by atoms with E-state index in [2.05, 4.69) is 52.3 Å². The van der Waals surface area contributed by atoms with Gasteiger partial charge >= 0.3 is 0 Å². The van der Waals surface area contributed by atoms with E-state index in [4.69, 9.17) is 10.5 Å². The second-order valence-electron chi connectivity index (χ2n) is 7.60. The zero-order valence-corrected chi connectivity index (χ0v) is 16.3. The summed E-state index contributed by atoms with van der Waals surface area (Å²) >= 11 is 0. The standard InChI is InChI=1S/C23H28N4O/c24-18-19-17-21(25)9-10-22(19)23(20-7-3-1-4-8-20,26-11-5-2-6-12-26)27-13-15-28-16-14-27/h1,3-4,7-10,17H,2,5-6,11-16,25H2. The molecule has 0 aliphatic carbocycles. The maximum Gasteiger partial charge on any atom is 0.128 e. The SMILES string of the molecule is N#Cc1cc(N)ccc1C(c1ccccc1)(N1CCCCC1)N1CCOCC1. The molecule has 2 saturated heterocycles. The fourth-order valence-corrected chi connectivity index (χ4v) is 4.79. The van der Waals surface area contributed by atoms with E-state index in [1.54, 1.807) is 0 Å². The second-order valence-corrected chi connectivity index (χ2v) is 7.60. The molecule has 5 heteroatoms. The Morgan fingerprint density at radius 2 is 1.57 bits per heavy atom. The monoisotopic (exact) mass is 376 g/mol. The Kier molecular flexibility index (Phi) is 5.63. The summed E-state index contributed by atoms with van der Waals surface area (Å²) in [5, 5.41) is 9.98. The van der Waals surface area contributed by atoms with E-state index in [0.717, 1.165) is 31.7 Å². The minimum absolute atomic E-state index is 0.482. The highest BCUT2D eigenvalue weighted by molar-refractivity contribution is 5.55. The van der Waals surface area contributed by atoms with E-state index in [-0.39, 0.29) is 0 Å². The molecule has 1 atom stereocenters. The van der Waals surface area contributed by atoms with Gasteiger partial charge in [0.1, 0.15) is 5.66 Å². The highest BCUT2D eigenvalue weighted by Gasteiger charge is 2.47. The van der Waals surface area contributed by atoms with Crippen LogP contribution in [0.2, 0.25) is 0 Å². The van der Waals surface area contributed by atoms with Gasteiger partial charge in [-0.1, -0.05) is 42.8 Å². The van der Waals surface area contributed by atoms with Crippen LogP contribution in [0.15, 0.2) is 48.5 Å². The van der Waals surface area contributed by atoms with E-state index in [1.807, 2.05) is 12.1 Å². The van der Waals surface area contributed by atoms with Gasteiger partial charge in [0.25, 0.3) is 0 Å². The lowest BCUT2D eigenvalue weighted by molar-refractivity contribution is -0.0896. The summed E-state index contributed by atoms with van der Waals surface area (Å²) in [5.41, 5.74) is 9.08. The Hall–Kier alpha value is -2.39. The van der Waals surface area contributed by atoms with E-state index in [0.29, 0.717) is 24.5 Å². The van der Waals surface area contributed by atoms with Crippen molar-refractivity contribution < 1.29 is 4.74 Å². The molecule has 2 aromatic rings. The topological polar surface area (TPSA) is 65.5 Å². The first kappa shape index (κ1) is 18.9. The van der Waals surface area contributed by atoms with E-state index in [9.17, 15) is 5.26 Å². The number of nitriles is 1. The van der Waals surface area contributed by atoms with Crippen LogP contribution in [-0.4, -0.2) is 49.2 Å². The third-order valence-corrected chi connectivity index (χ3v) is 6.00. The molecule has 4 rings (SSSR count). The van der Waals surface area contributed by atoms with Crippen molar-refractivity contribution in [2.45, 2.75) is 24.9 Å². The van der Waals surface area contributed by atoms with Crippen molar-refractivity contribution in [3.63, 3.8) is 0 Å². The van der Waals surface area contributed by atoms with E-state index in [1.165, 1.54) is 24.8 Å². The van der Waals surface area contributed by atoms with Crippen molar-refractivity contribution in [3.05, 3.63) is 65.2 Å². The molecule has 2 heterocycles. The number of piperidine rings is 1. The summed E-state index contributed by atoms with van der Waals surface area (Å²) in [4.78, 5) is 5.08. The van der Waals surface area contributed by atoms with Crippen LogP contribution in [0.25, 0.3) is 0 Å². The molecule has 0 aromatic heterocycles. The molecule has 2 aliphatic heterocycles. The van der Waals surface area contributed by atoms with E-state index >= 15 is 0 Å². The third kappa shape index (κ3) is 3.29. The molecule has 146 valence electrons. The summed E-state index contributed by atoms with van der Waals surface area (Å²) in [7, 11) is 0. The molecule has 28 heavy (non-hydrogen) atoms. The van der Waals surface area contributed by atoms with Crippen molar-refractivity contribution in [2.75, 3.05) is 45.1 Å². The third-order valence-electron chi connectivity index (χ3n) is 6.00. The number of nitrogen functional groups attached to an aromatic ring is 1. The number of hydrogen-bond acceptors (Lipinski definition) is 5. The Labute approximate surface area is 167 Å². The minimum Gasteiger partial charge on any atom is -0.399 e. The van der Waals surface area contributed by atoms with Crippen LogP contribution < -0.4 is 5.73 Å². The van der Waals surface area contributed by atoms with Gasteiger partial charge in [-0.25, -0.2) is 0 Å². The van der Waals surface area contributed by atoms with Crippen molar-refractivity contribution in [1.82, 2.24) is 9.80 Å². The van der Waals surface area contributed by atoms with Crippen LogP contribution in [0, 0.1) is 11.3 Å². The van der Waals surface area contributed by atoms with Gasteiger partial charge in [0.05, 0.1) is 24.8 Å². The molecule has 2 N–H and O–H groups in total. The maximum atomic E-state index is 9.98. The quantitative estimate of drug-likeness (QED) is 0.831. The zero-order valence-electron chi connectivity index (χ0n) is 16.3. The van der Waals surface area contributed by atoms with Crippen LogP contribution in [-0.2, 0) is 10.4 Å². The first-order chi connectivity index (χ1) is 13.8. The van der Waals surface area contributed by atoms with Crippen LogP contribution in [0.5, 0.6) is 0 Å². The number of nitrogens with zero attached hydrogens (tertiary/aromatic N) is 3. The Morgan fingerprint density at radius 1 is 0.893 bits per heavy atom. The van der Waals surface area contributed by atoms with E-state index < -0.39 is 5.66 Å². The number of benzene rings is 2. The Morgan fingerprint density at radius 3 is 2.25 bits per heavy atom. The number of anilines is 1. The molecule has 5 nitrogen and oxygen atoms in total. The van der Waals surface area contributed by atoms with Gasteiger partial charge < -0.3 is 10.5 Å². The molecule has 2 fully saturated rings. The molecule has 2 aliphatic rings. The molecule has 1 unspecified atom stereocenters. The fourth-order valence-electron chi connectivity index (χ4n) is 4.79. The first-order valence-corrected chi connectivity index (χ1v) is 10.2. The molecule has 2 aromatic carbocycles. The predicted molar refractivity (Wildman–Crippen MR) is 111 cm³/mol. The number of morpholine rings is 1. The van der Waals surface area contributed by atoms with Crippen molar-refractivity contribution in [1.29, 1.82) is 5.26 Å². The first-order valence-electron chi connectivity index (χ1n) is 10.2. The van der Waals surface area contributed by atoms with Gasteiger partial charge in [-0.15, -0.1) is 0 Å². The van der Waals surface area contributed by atoms with Crippen molar-refractivity contribution in [2.24, 2.45) is 0 Å². The lowest BCUT2D eigenvalue weighted by atomic mass is 9.83. The van der Waals surface area contributed by atoms with Crippen molar-refractivity contribution >= 4 is 5.69 Å². The molecular weight excluding hydrogens is 348 g/mol. The summed E-state index contributed by atoms with van der Waals surface area (Å²) < 4.78 is 5.68. The second kappa shape index (κ2) is 8.32. The van der Waals surface area contributed by atoms with Crippen LogP contribution in [0.4, 0.5) is 5.69 Å². The van der Waals surface area contributed by atoms with Gasteiger partial charge in [-0.05, 0) is 30.5 Å². The van der Waals surface area contributed by atoms with Gasteiger partial charge in [-0.2, -0.15) is 5.26 Å².